The quantitative estimate of drug-likeness (QED) is 0.376. The van der Waals surface area contributed by atoms with Gasteiger partial charge in [0.2, 0.25) is 5.24 Å². The van der Waals surface area contributed by atoms with Crippen LogP contribution in [0.5, 0.6) is 0 Å². The molecule has 1 fully saturated rings. The molecular weight excluding hydrogens is 183 g/mol. The summed E-state index contributed by atoms with van der Waals surface area (Å²) < 4.78 is 0. The molecule has 0 heterocycles. The molecule has 64 valence electrons. The van der Waals surface area contributed by atoms with Gasteiger partial charge in [-0.1, -0.05) is 12.2 Å². The molecule has 0 amide bonds. The number of rotatable bonds is 2. The molecule has 0 aliphatic heterocycles. The average Bonchev–Trinajstić information content (AvgIpc) is 2.71. The number of halogens is 2. The molecule has 0 aromatic rings. The zero-order valence-electron chi connectivity index (χ0n) is 6.52. The van der Waals surface area contributed by atoms with Crippen molar-refractivity contribution in [3.63, 3.8) is 0 Å². The van der Waals surface area contributed by atoms with E-state index in [1.165, 1.54) is 0 Å². The number of allylic oxidation sites excluding steroid dienone is 2. The maximum absolute atomic E-state index is 9.97. The van der Waals surface area contributed by atoms with E-state index in [1.807, 2.05) is 19.1 Å². The van der Waals surface area contributed by atoms with E-state index in [-0.39, 0.29) is 11.2 Å². The first kappa shape index (κ1) is 11.0. The fourth-order valence-corrected chi connectivity index (χ4v) is 0.796. The Morgan fingerprint density at radius 2 is 2.18 bits per heavy atom. The molecule has 0 saturated heterocycles. The van der Waals surface area contributed by atoms with E-state index in [9.17, 15) is 4.79 Å². The van der Waals surface area contributed by atoms with Crippen LogP contribution in [-0.2, 0) is 4.79 Å². The Hall–Kier alpha value is -0.0100. The molecule has 3 heteroatoms. The van der Waals surface area contributed by atoms with Gasteiger partial charge in [-0.25, -0.2) is 0 Å². The first-order valence-electron chi connectivity index (χ1n) is 3.58. The summed E-state index contributed by atoms with van der Waals surface area (Å²) in [5, 5.41) is -0.157. The van der Waals surface area contributed by atoms with E-state index in [1.54, 1.807) is 0 Å². The molecule has 1 saturated carbocycles. The van der Waals surface area contributed by atoms with Gasteiger partial charge in [-0.05, 0) is 31.4 Å². The highest BCUT2D eigenvalue weighted by Crippen LogP contribution is 2.30. The predicted molar refractivity (Wildman–Crippen MR) is 49.1 cm³/mol. The Bertz CT molecular complexity index is 139. The smallest absolute Gasteiger partial charge is 0.224 e. The van der Waals surface area contributed by atoms with Gasteiger partial charge in [0.1, 0.15) is 0 Å². The zero-order valence-corrected chi connectivity index (χ0v) is 8.03. The molecule has 0 aromatic carbocycles. The van der Waals surface area contributed by atoms with Crippen LogP contribution in [0.3, 0.4) is 0 Å². The Kier molecular flexibility index (Phi) is 6.68. The summed E-state index contributed by atoms with van der Waals surface area (Å²) in [6, 6.07) is 0. The molecule has 0 N–H and O–H groups in total. The SMILES string of the molecule is C/C=C/CCl.O=C(Cl)C1CC1. The molecule has 11 heavy (non-hydrogen) atoms. The van der Waals surface area contributed by atoms with Gasteiger partial charge in [0.15, 0.2) is 0 Å². The van der Waals surface area contributed by atoms with E-state index in [4.69, 9.17) is 23.2 Å². The van der Waals surface area contributed by atoms with E-state index < -0.39 is 0 Å². The summed E-state index contributed by atoms with van der Waals surface area (Å²) >= 11 is 10.3. The summed E-state index contributed by atoms with van der Waals surface area (Å²) in [5.41, 5.74) is 0. The van der Waals surface area contributed by atoms with E-state index in [0.717, 1.165) is 12.8 Å². The molecule has 1 aliphatic carbocycles. The Labute approximate surface area is 77.4 Å². The molecule has 0 atom stereocenters. The standard InChI is InChI=1S/C4H5ClO.C4H7Cl/c5-4(6)3-1-2-3;1-2-3-4-5/h3H,1-2H2;2-3H,4H2,1H3/b;3-2+. The van der Waals surface area contributed by atoms with Crippen molar-refractivity contribution in [1.29, 1.82) is 0 Å². The molecule has 0 unspecified atom stereocenters. The van der Waals surface area contributed by atoms with Gasteiger partial charge in [0.05, 0.1) is 0 Å². The van der Waals surface area contributed by atoms with Crippen molar-refractivity contribution in [2.45, 2.75) is 19.8 Å². The lowest BCUT2D eigenvalue weighted by Crippen LogP contribution is -1.83. The number of carbonyl (C=O) groups excluding carboxylic acids is 1. The fourth-order valence-electron chi connectivity index (χ4n) is 0.399. The number of alkyl halides is 1. The first-order valence-corrected chi connectivity index (χ1v) is 4.50. The highest BCUT2D eigenvalue weighted by atomic mass is 35.5. The van der Waals surface area contributed by atoms with Crippen molar-refractivity contribution in [3.05, 3.63) is 12.2 Å². The zero-order chi connectivity index (χ0) is 8.69. The Balaban J connectivity index is 0.000000187. The average molecular weight is 195 g/mol. The molecule has 1 aliphatic rings. The maximum Gasteiger partial charge on any atom is 0.224 e. The molecule has 0 radical (unpaired) electrons. The molecule has 0 aromatic heterocycles. The highest BCUT2D eigenvalue weighted by molar-refractivity contribution is 6.64. The monoisotopic (exact) mass is 194 g/mol. The van der Waals surface area contributed by atoms with Crippen LogP contribution in [0, 0.1) is 5.92 Å². The second kappa shape index (κ2) is 6.68. The minimum atomic E-state index is -0.157. The Morgan fingerprint density at radius 3 is 2.18 bits per heavy atom. The second-order valence-electron chi connectivity index (χ2n) is 2.30. The van der Waals surface area contributed by atoms with Crippen molar-refractivity contribution in [3.8, 4) is 0 Å². The third kappa shape index (κ3) is 7.89. The lowest BCUT2D eigenvalue weighted by molar-refractivity contribution is -0.112. The first-order chi connectivity index (χ1) is 5.22. The topological polar surface area (TPSA) is 17.1 Å². The molecular formula is C8H12Cl2O. The largest absolute Gasteiger partial charge is 0.281 e. The lowest BCUT2D eigenvalue weighted by Gasteiger charge is -1.72. The van der Waals surface area contributed by atoms with Crippen LogP contribution in [0.2, 0.25) is 0 Å². The molecule has 1 rings (SSSR count). The number of hydrogen-bond donors (Lipinski definition) is 0. The number of hydrogen-bond acceptors (Lipinski definition) is 1. The van der Waals surface area contributed by atoms with Crippen molar-refractivity contribution in [2.24, 2.45) is 5.92 Å². The minimum Gasteiger partial charge on any atom is -0.281 e. The molecule has 0 bridgehead atoms. The van der Waals surface area contributed by atoms with E-state index in [0.29, 0.717) is 5.88 Å². The van der Waals surface area contributed by atoms with Gasteiger partial charge in [-0.3, -0.25) is 4.79 Å². The third-order valence-electron chi connectivity index (χ3n) is 1.22. The highest BCUT2D eigenvalue weighted by Gasteiger charge is 2.27. The van der Waals surface area contributed by atoms with E-state index >= 15 is 0 Å². The normalized spacial score (nSPS) is 15.9. The maximum atomic E-state index is 9.97. The van der Waals surface area contributed by atoms with Crippen LogP contribution in [0.4, 0.5) is 0 Å². The Morgan fingerprint density at radius 1 is 1.64 bits per heavy atom. The summed E-state index contributed by atoms with van der Waals surface area (Å²) in [5.74, 6) is 0.864. The van der Waals surface area contributed by atoms with Crippen LogP contribution in [0.1, 0.15) is 19.8 Å². The molecule has 0 spiro atoms. The van der Waals surface area contributed by atoms with Crippen LogP contribution in [-0.4, -0.2) is 11.1 Å². The van der Waals surface area contributed by atoms with Crippen LogP contribution in [0.15, 0.2) is 12.2 Å². The summed E-state index contributed by atoms with van der Waals surface area (Å²) in [4.78, 5) is 9.97. The van der Waals surface area contributed by atoms with Crippen LogP contribution >= 0.6 is 23.2 Å². The van der Waals surface area contributed by atoms with E-state index in [2.05, 4.69) is 0 Å². The summed E-state index contributed by atoms with van der Waals surface area (Å²) in [7, 11) is 0. The van der Waals surface area contributed by atoms with Crippen LogP contribution in [0.25, 0.3) is 0 Å². The van der Waals surface area contributed by atoms with Gasteiger partial charge < -0.3 is 0 Å². The van der Waals surface area contributed by atoms with Gasteiger partial charge in [0.25, 0.3) is 0 Å². The minimum absolute atomic E-state index is 0.157. The number of carbonyl (C=O) groups is 1. The third-order valence-corrected chi connectivity index (χ3v) is 1.71. The van der Waals surface area contributed by atoms with Crippen molar-refractivity contribution < 1.29 is 4.79 Å². The fraction of sp³-hybridized carbons (Fsp3) is 0.625. The van der Waals surface area contributed by atoms with Crippen molar-refractivity contribution >= 4 is 28.4 Å². The summed E-state index contributed by atoms with van der Waals surface area (Å²) in [6.07, 6.45) is 5.85. The van der Waals surface area contributed by atoms with Crippen molar-refractivity contribution in [1.82, 2.24) is 0 Å². The molecule has 1 nitrogen and oxygen atoms in total. The lowest BCUT2D eigenvalue weighted by atomic mass is 10.5. The van der Waals surface area contributed by atoms with Crippen LogP contribution < -0.4 is 0 Å². The van der Waals surface area contributed by atoms with Gasteiger partial charge in [0, 0.05) is 11.8 Å². The second-order valence-corrected chi connectivity index (χ2v) is 2.98. The van der Waals surface area contributed by atoms with Gasteiger partial charge in [-0.15, -0.1) is 11.6 Å². The van der Waals surface area contributed by atoms with Crippen molar-refractivity contribution in [2.75, 3.05) is 5.88 Å². The van der Waals surface area contributed by atoms with Gasteiger partial charge in [-0.2, -0.15) is 0 Å². The van der Waals surface area contributed by atoms with Gasteiger partial charge >= 0.3 is 0 Å². The predicted octanol–water partition coefficient (Wildman–Crippen LogP) is 2.96. The summed E-state index contributed by atoms with van der Waals surface area (Å²) in [6.45, 7) is 1.95.